The second kappa shape index (κ2) is 12.3. The summed E-state index contributed by atoms with van der Waals surface area (Å²) in [7, 11) is 0. The van der Waals surface area contributed by atoms with Crippen molar-refractivity contribution in [1.82, 2.24) is 15.1 Å². The van der Waals surface area contributed by atoms with Gasteiger partial charge in [-0.25, -0.2) is 0 Å². The summed E-state index contributed by atoms with van der Waals surface area (Å²) in [5.74, 6) is 1.25. The fourth-order valence-electron chi connectivity index (χ4n) is 5.48. The van der Waals surface area contributed by atoms with E-state index in [4.69, 9.17) is 21.1 Å². The lowest BCUT2D eigenvalue weighted by Gasteiger charge is -2.27. The van der Waals surface area contributed by atoms with E-state index in [-0.39, 0.29) is 11.7 Å². The number of H-pyrrole nitrogens is 1. The van der Waals surface area contributed by atoms with Crippen LogP contribution < -0.4 is 9.47 Å². The Labute approximate surface area is 246 Å². The van der Waals surface area contributed by atoms with Gasteiger partial charge in [0.1, 0.15) is 17.1 Å². The molecule has 0 radical (unpaired) electrons. The number of phenols is 1. The molecule has 8 heteroatoms. The van der Waals surface area contributed by atoms with Gasteiger partial charge in [0.2, 0.25) is 0 Å². The number of hydrogen-bond donors (Lipinski definition) is 2. The van der Waals surface area contributed by atoms with E-state index in [9.17, 15) is 9.90 Å². The number of aromatic nitrogens is 2. The molecule has 7 nitrogen and oxygen atoms in total. The van der Waals surface area contributed by atoms with Crippen LogP contribution in [0.25, 0.3) is 11.3 Å². The molecule has 0 aliphatic carbocycles. The maximum Gasteiger partial charge on any atom is 0.273 e. The van der Waals surface area contributed by atoms with Crippen molar-refractivity contribution < 1.29 is 19.4 Å². The van der Waals surface area contributed by atoms with Crippen LogP contribution in [0.15, 0.2) is 54.6 Å². The largest absolute Gasteiger partial charge is 0.507 e. The van der Waals surface area contributed by atoms with E-state index in [2.05, 4.69) is 17.1 Å². The first-order valence-electron chi connectivity index (χ1n) is 14.2. The standard InChI is InChI=1S/C33H36ClN3O4/c1-5-7-10-15-41-26-14-13-22(18-27(26)40-6-2)31-28-29(24-17-20(3)16-21(4)32(24)38)35-36-30(28)33(39)37(31)19-23-11-8-9-12-25(23)34/h8-9,11-14,16-18,31,38H,5-7,10,15,19H2,1-4H3,(H,35,36). The van der Waals surface area contributed by atoms with Gasteiger partial charge in [-0.05, 0) is 73.7 Å². The summed E-state index contributed by atoms with van der Waals surface area (Å²) in [6.07, 6.45) is 3.18. The van der Waals surface area contributed by atoms with Crippen molar-refractivity contribution in [3.05, 3.63) is 93.1 Å². The second-order valence-corrected chi connectivity index (χ2v) is 10.9. The number of aromatic amines is 1. The summed E-state index contributed by atoms with van der Waals surface area (Å²) in [5, 5.41) is 19.2. The third kappa shape index (κ3) is 5.64. The number of rotatable bonds is 11. The van der Waals surface area contributed by atoms with Crippen molar-refractivity contribution in [2.75, 3.05) is 13.2 Å². The monoisotopic (exact) mass is 573 g/mol. The molecule has 2 N–H and O–H groups in total. The van der Waals surface area contributed by atoms with Crippen LogP contribution in [0.2, 0.25) is 5.02 Å². The van der Waals surface area contributed by atoms with Crippen molar-refractivity contribution in [2.24, 2.45) is 0 Å². The first kappa shape index (κ1) is 28.6. The molecule has 1 aliphatic heterocycles. The average Bonchev–Trinajstić information content (AvgIpc) is 3.49. The molecular weight excluding hydrogens is 538 g/mol. The van der Waals surface area contributed by atoms with Crippen LogP contribution in [0.4, 0.5) is 0 Å². The Hall–Kier alpha value is -3.97. The van der Waals surface area contributed by atoms with Gasteiger partial charge >= 0.3 is 0 Å². The van der Waals surface area contributed by atoms with Crippen molar-refractivity contribution in [2.45, 2.75) is 59.5 Å². The molecule has 0 saturated heterocycles. The van der Waals surface area contributed by atoms with Gasteiger partial charge in [-0.15, -0.1) is 0 Å². The van der Waals surface area contributed by atoms with Gasteiger partial charge in [0, 0.05) is 22.7 Å². The number of aromatic hydroxyl groups is 1. The van der Waals surface area contributed by atoms with Crippen LogP contribution in [-0.2, 0) is 6.54 Å². The van der Waals surface area contributed by atoms with E-state index in [1.54, 1.807) is 4.90 Å². The SMILES string of the molecule is CCCCCOc1ccc(C2c3c(-c4cc(C)cc(C)c4O)n[nH]c3C(=O)N2Cc2ccccc2Cl)cc1OCC. The lowest BCUT2D eigenvalue weighted by atomic mass is 9.93. The van der Waals surface area contributed by atoms with Crippen LogP contribution in [0, 0.1) is 13.8 Å². The van der Waals surface area contributed by atoms with Crippen molar-refractivity contribution in [1.29, 1.82) is 0 Å². The lowest BCUT2D eigenvalue weighted by molar-refractivity contribution is 0.0730. The number of nitrogens with zero attached hydrogens (tertiary/aromatic N) is 2. The predicted molar refractivity (Wildman–Crippen MR) is 161 cm³/mol. The summed E-state index contributed by atoms with van der Waals surface area (Å²) in [4.78, 5) is 15.7. The molecule has 0 bridgehead atoms. The van der Waals surface area contributed by atoms with E-state index in [0.29, 0.717) is 58.8 Å². The third-order valence-corrected chi connectivity index (χ3v) is 7.82. The van der Waals surface area contributed by atoms with Gasteiger partial charge in [0.15, 0.2) is 11.5 Å². The Morgan fingerprint density at radius 1 is 1.02 bits per heavy atom. The molecule has 1 amide bonds. The van der Waals surface area contributed by atoms with Crippen molar-refractivity contribution in [3.63, 3.8) is 0 Å². The van der Waals surface area contributed by atoms with Gasteiger partial charge in [0.05, 0.1) is 19.3 Å². The van der Waals surface area contributed by atoms with Crippen LogP contribution in [0.1, 0.15) is 77.5 Å². The molecule has 1 aromatic heterocycles. The number of benzene rings is 3. The highest BCUT2D eigenvalue weighted by Gasteiger charge is 2.43. The Balaban J connectivity index is 1.64. The number of carbonyl (C=O) groups excluding carboxylic acids is 1. The van der Waals surface area contributed by atoms with Gasteiger partial charge < -0.3 is 19.5 Å². The van der Waals surface area contributed by atoms with Gasteiger partial charge in [-0.2, -0.15) is 5.10 Å². The summed E-state index contributed by atoms with van der Waals surface area (Å²) in [6.45, 7) is 9.31. The zero-order valence-electron chi connectivity index (χ0n) is 24.0. The van der Waals surface area contributed by atoms with Crippen LogP contribution in [0.3, 0.4) is 0 Å². The topological polar surface area (TPSA) is 87.7 Å². The second-order valence-electron chi connectivity index (χ2n) is 10.5. The Bertz CT molecular complexity index is 1560. The average molecular weight is 574 g/mol. The minimum Gasteiger partial charge on any atom is -0.507 e. The van der Waals surface area contributed by atoms with E-state index in [1.165, 1.54) is 0 Å². The molecule has 4 aromatic rings. The number of aryl methyl sites for hydroxylation is 2. The summed E-state index contributed by atoms with van der Waals surface area (Å²) in [6, 6.07) is 16.7. The Morgan fingerprint density at radius 3 is 2.59 bits per heavy atom. The molecule has 214 valence electrons. The molecule has 0 saturated carbocycles. The Kier molecular flexibility index (Phi) is 8.54. The number of hydrogen-bond acceptors (Lipinski definition) is 5. The van der Waals surface area contributed by atoms with Gasteiger partial charge in [-0.1, -0.05) is 61.7 Å². The van der Waals surface area contributed by atoms with E-state index in [0.717, 1.165) is 41.5 Å². The highest BCUT2D eigenvalue weighted by Crippen LogP contribution is 2.47. The molecule has 0 fully saturated rings. The molecular formula is C33H36ClN3O4. The van der Waals surface area contributed by atoms with Gasteiger partial charge in [0.25, 0.3) is 5.91 Å². The minimum absolute atomic E-state index is 0.145. The number of nitrogens with one attached hydrogen (secondary N) is 1. The summed E-state index contributed by atoms with van der Waals surface area (Å²) in [5.41, 5.74) is 5.65. The third-order valence-electron chi connectivity index (χ3n) is 7.45. The van der Waals surface area contributed by atoms with E-state index in [1.807, 2.05) is 75.4 Å². The lowest BCUT2D eigenvalue weighted by Crippen LogP contribution is -2.29. The fraction of sp³-hybridized carbons (Fsp3) is 0.333. The highest BCUT2D eigenvalue weighted by molar-refractivity contribution is 6.31. The minimum atomic E-state index is -0.504. The summed E-state index contributed by atoms with van der Waals surface area (Å²) >= 11 is 6.54. The molecule has 1 unspecified atom stereocenters. The van der Waals surface area contributed by atoms with Crippen LogP contribution >= 0.6 is 11.6 Å². The van der Waals surface area contributed by atoms with E-state index < -0.39 is 6.04 Å². The first-order valence-corrected chi connectivity index (χ1v) is 14.5. The van der Waals surface area contributed by atoms with E-state index >= 15 is 0 Å². The smallest absolute Gasteiger partial charge is 0.273 e. The molecule has 2 heterocycles. The maximum atomic E-state index is 13.9. The zero-order valence-corrected chi connectivity index (χ0v) is 24.7. The number of phenolic OH excluding ortho intramolecular Hbond substituents is 1. The van der Waals surface area contributed by atoms with Crippen LogP contribution in [0.5, 0.6) is 17.2 Å². The number of halogens is 1. The van der Waals surface area contributed by atoms with Gasteiger partial charge in [-0.3, -0.25) is 9.89 Å². The number of unbranched alkanes of at least 4 members (excludes halogenated alkanes) is 2. The van der Waals surface area contributed by atoms with Crippen LogP contribution in [-0.4, -0.2) is 39.3 Å². The highest BCUT2D eigenvalue weighted by atomic mass is 35.5. The quantitative estimate of drug-likeness (QED) is 0.179. The van der Waals surface area contributed by atoms with Crippen molar-refractivity contribution in [3.8, 4) is 28.5 Å². The summed E-state index contributed by atoms with van der Waals surface area (Å²) < 4.78 is 12.1. The first-order chi connectivity index (χ1) is 19.8. The molecule has 1 atom stereocenters. The number of ether oxygens (including phenoxy) is 2. The number of amides is 1. The molecule has 3 aromatic carbocycles. The molecule has 41 heavy (non-hydrogen) atoms. The molecule has 1 aliphatic rings. The number of carbonyl (C=O) groups is 1. The molecule has 0 spiro atoms. The normalized spacial score (nSPS) is 14.4. The maximum absolute atomic E-state index is 13.9. The van der Waals surface area contributed by atoms with Crippen molar-refractivity contribution >= 4 is 17.5 Å². The zero-order chi connectivity index (χ0) is 29.1. The number of fused-ring (bicyclic) bond motifs is 1. The molecule has 5 rings (SSSR count). The predicted octanol–water partition coefficient (Wildman–Crippen LogP) is 7.77. The fourth-order valence-corrected chi connectivity index (χ4v) is 5.67. The Morgan fingerprint density at radius 2 is 1.83 bits per heavy atom.